The number of hydrogen-bond donors (Lipinski definition) is 1. The van der Waals surface area contributed by atoms with E-state index in [0.29, 0.717) is 18.0 Å². The van der Waals surface area contributed by atoms with Crippen molar-refractivity contribution >= 4 is 39.0 Å². The Balaban J connectivity index is 1.33. The van der Waals surface area contributed by atoms with Crippen molar-refractivity contribution < 1.29 is 17.9 Å². The summed E-state index contributed by atoms with van der Waals surface area (Å²) in [7, 11) is -1.96. The van der Waals surface area contributed by atoms with Gasteiger partial charge in [0.1, 0.15) is 15.5 Å². The third kappa shape index (κ3) is 5.48. The normalized spacial score (nSPS) is 19.0. The number of piperidine rings is 1. The molecule has 2 aliphatic rings. The van der Waals surface area contributed by atoms with Gasteiger partial charge in [-0.25, -0.2) is 8.42 Å². The molecule has 2 aliphatic heterocycles. The maximum absolute atomic E-state index is 13.1. The molecule has 3 heterocycles. The minimum Gasteiger partial charge on any atom is -0.497 e. The number of methoxy groups -OCH3 is 1. The third-order valence-corrected chi connectivity index (χ3v) is 9.81. The quantitative estimate of drug-likeness (QED) is 0.636. The fraction of sp³-hybridized carbons (Fsp3) is 0.500. The van der Waals surface area contributed by atoms with Gasteiger partial charge in [-0.05, 0) is 42.0 Å². The Morgan fingerprint density at radius 2 is 1.91 bits per heavy atom. The fourth-order valence-electron chi connectivity index (χ4n) is 4.11. The van der Waals surface area contributed by atoms with Crippen LogP contribution in [0.25, 0.3) is 0 Å². The molecule has 174 valence electrons. The summed E-state index contributed by atoms with van der Waals surface area (Å²) in [6, 6.07) is 9.69. The molecule has 7 nitrogen and oxygen atoms in total. The van der Waals surface area contributed by atoms with E-state index >= 15 is 0 Å². The fourth-order valence-corrected chi connectivity index (χ4v) is 7.99. The van der Waals surface area contributed by atoms with Crippen molar-refractivity contribution in [2.75, 3.05) is 44.8 Å². The van der Waals surface area contributed by atoms with Gasteiger partial charge >= 0.3 is 0 Å². The maximum atomic E-state index is 13.1. The molecule has 0 saturated carbocycles. The van der Waals surface area contributed by atoms with Crippen molar-refractivity contribution in [1.29, 1.82) is 0 Å². The lowest BCUT2D eigenvalue weighted by Crippen LogP contribution is -2.44. The summed E-state index contributed by atoms with van der Waals surface area (Å²) in [5.41, 5.74) is 1.20. The molecular weight excluding hydrogens is 466 g/mol. The number of rotatable bonds is 7. The molecule has 1 aromatic carbocycles. The topological polar surface area (TPSA) is 79.0 Å². The van der Waals surface area contributed by atoms with E-state index in [-0.39, 0.29) is 16.8 Å². The predicted molar refractivity (Wildman–Crippen MR) is 129 cm³/mol. The number of thioether (sulfide) groups is 1. The highest BCUT2D eigenvalue weighted by Crippen LogP contribution is 2.27. The highest BCUT2D eigenvalue weighted by molar-refractivity contribution is 7.99. The molecule has 32 heavy (non-hydrogen) atoms. The monoisotopic (exact) mass is 495 g/mol. The summed E-state index contributed by atoms with van der Waals surface area (Å²) in [4.78, 5) is 15.8. The van der Waals surface area contributed by atoms with E-state index in [2.05, 4.69) is 16.3 Å². The van der Waals surface area contributed by atoms with E-state index in [1.54, 1.807) is 30.3 Å². The number of carbonyl (C=O) groups is 1. The van der Waals surface area contributed by atoms with Gasteiger partial charge in [-0.15, -0.1) is 11.3 Å². The molecular formula is C22H29N3O4S3. The van der Waals surface area contributed by atoms with Crippen LogP contribution in [0.15, 0.2) is 40.6 Å². The first-order valence-corrected chi connectivity index (χ1v) is 14.3. The van der Waals surface area contributed by atoms with E-state index in [0.717, 1.165) is 49.7 Å². The number of hydrogen-bond acceptors (Lipinski definition) is 7. The molecule has 0 aliphatic carbocycles. The predicted octanol–water partition coefficient (Wildman–Crippen LogP) is 2.89. The highest BCUT2D eigenvalue weighted by Gasteiger charge is 2.32. The van der Waals surface area contributed by atoms with Gasteiger partial charge < -0.3 is 10.1 Å². The summed E-state index contributed by atoms with van der Waals surface area (Å²) >= 11 is 2.95. The Morgan fingerprint density at radius 3 is 2.62 bits per heavy atom. The number of benzene rings is 1. The molecule has 0 bridgehead atoms. The second-order valence-corrected chi connectivity index (χ2v) is 12.1. The Morgan fingerprint density at radius 1 is 1.16 bits per heavy atom. The Hall–Kier alpha value is -1.59. The van der Waals surface area contributed by atoms with Gasteiger partial charge in [0.25, 0.3) is 5.91 Å². The smallest absolute Gasteiger partial charge is 0.262 e. The van der Waals surface area contributed by atoms with E-state index in [9.17, 15) is 13.2 Å². The zero-order chi connectivity index (χ0) is 22.6. The average molecular weight is 496 g/mol. The third-order valence-electron chi connectivity index (χ3n) is 5.89. The van der Waals surface area contributed by atoms with Crippen LogP contribution in [0, 0.1) is 0 Å². The first kappa shape index (κ1) is 23.6. The van der Waals surface area contributed by atoms with Crippen LogP contribution in [0.2, 0.25) is 0 Å². The van der Waals surface area contributed by atoms with E-state index < -0.39 is 10.0 Å². The molecule has 1 amide bonds. The molecule has 2 saturated heterocycles. The number of likely N-dealkylation sites (tertiary alicyclic amines) is 1. The van der Waals surface area contributed by atoms with E-state index in [4.69, 9.17) is 4.74 Å². The van der Waals surface area contributed by atoms with Crippen LogP contribution >= 0.6 is 23.1 Å². The number of nitrogens with zero attached hydrogens (tertiary/aromatic N) is 2. The summed E-state index contributed by atoms with van der Waals surface area (Å²) in [5.74, 6) is 2.16. The van der Waals surface area contributed by atoms with Gasteiger partial charge in [-0.1, -0.05) is 12.1 Å². The lowest BCUT2D eigenvalue weighted by molar-refractivity contribution is 0.0910. The van der Waals surface area contributed by atoms with Crippen LogP contribution in [-0.2, 0) is 16.6 Å². The van der Waals surface area contributed by atoms with Gasteiger partial charge in [-0.3, -0.25) is 9.69 Å². The molecule has 10 heteroatoms. The molecule has 0 spiro atoms. The first-order valence-electron chi connectivity index (χ1n) is 10.8. The second kappa shape index (κ2) is 10.6. The molecule has 1 aromatic heterocycles. The Bertz CT molecular complexity index is 1030. The van der Waals surface area contributed by atoms with Crippen molar-refractivity contribution in [2.24, 2.45) is 0 Å². The van der Waals surface area contributed by atoms with Gasteiger partial charge in [0.2, 0.25) is 10.0 Å². The van der Waals surface area contributed by atoms with Crippen LogP contribution in [0.3, 0.4) is 0 Å². The summed E-state index contributed by atoms with van der Waals surface area (Å²) in [6.45, 7) is 3.59. The van der Waals surface area contributed by atoms with Crippen LogP contribution in [0.5, 0.6) is 5.75 Å². The number of carbonyl (C=O) groups excluding carboxylic acids is 1. The van der Waals surface area contributed by atoms with Gasteiger partial charge in [0.15, 0.2) is 0 Å². The van der Waals surface area contributed by atoms with Crippen LogP contribution in [0.1, 0.15) is 28.1 Å². The maximum Gasteiger partial charge on any atom is 0.262 e. The minimum absolute atomic E-state index is 0.0492. The molecule has 4 rings (SSSR count). The minimum atomic E-state index is -3.63. The SMILES string of the molecule is COc1cccc(CN2CCC(NC(=O)c3sccc3S(=O)(=O)N3CCSCC3)CC2)c1. The van der Waals surface area contributed by atoms with E-state index in [1.807, 2.05) is 18.2 Å². The Labute approximate surface area is 198 Å². The van der Waals surface area contributed by atoms with Crippen LogP contribution in [0.4, 0.5) is 0 Å². The van der Waals surface area contributed by atoms with Crippen molar-refractivity contribution in [3.63, 3.8) is 0 Å². The zero-order valence-electron chi connectivity index (χ0n) is 18.2. The first-order chi connectivity index (χ1) is 15.5. The number of amides is 1. The van der Waals surface area contributed by atoms with Crippen molar-refractivity contribution in [3.05, 3.63) is 46.2 Å². The van der Waals surface area contributed by atoms with Gasteiger partial charge in [-0.2, -0.15) is 16.1 Å². The van der Waals surface area contributed by atoms with Crippen molar-refractivity contribution in [3.8, 4) is 5.75 Å². The molecule has 0 unspecified atom stereocenters. The summed E-state index contributed by atoms with van der Waals surface area (Å²) in [5, 5.41) is 4.77. The largest absolute Gasteiger partial charge is 0.497 e. The summed E-state index contributed by atoms with van der Waals surface area (Å²) in [6.07, 6.45) is 1.68. The van der Waals surface area contributed by atoms with E-state index in [1.165, 1.54) is 21.2 Å². The zero-order valence-corrected chi connectivity index (χ0v) is 20.6. The number of sulfonamides is 1. The number of ether oxygens (including phenoxy) is 1. The average Bonchev–Trinajstić information content (AvgIpc) is 3.32. The van der Waals surface area contributed by atoms with Gasteiger partial charge in [0, 0.05) is 50.3 Å². The Kier molecular flexibility index (Phi) is 7.78. The van der Waals surface area contributed by atoms with Crippen LogP contribution in [-0.4, -0.2) is 74.4 Å². The van der Waals surface area contributed by atoms with Gasteiger partial charge in [0.05, 0.1) is 7.11 Å². The lowest BCUT2D eigenvalue weighted by atomic mass is 10.0. The highest BCUT2D eigenvalue weighted by atomic mass is 32.2. The molecule has 0 radical (unpaired) electrons. The van der Waals surface area contributed by atoms with Crippen molar-refractivity contribution in [2.45, 2.75) is 30.3 Å². The lowest BCUT2D eigenvalue weighted by Gasteiger charge is -2.32. The van der Waals surface area contributed by atoms with Crippen LogP contribution < -0.4 is 10.1 Å². The van der Waals surface area contributed by atoms with Crippen molar-refractivity contribution in [1.82, 2.24) is 14.5 Å². The second-order valence-electron chi connectivity index (χ2n) is 8.01. The molecule has 2 aromatic rings. The molecule has 2 fully saturated rings. The summed E-state index contributed by atoms with van der Waals surface area (Å²) < 4.78 is 32.9. The number of thiophene rings is 1. The molecule has 1 N–H and O–H groups in total. The number of nitrogens with one attached hydrogen (secondary N) is 1. The standard InChI is InChI=1S/C22H29N3O4S3/c1-29-19-4-2-3-17(15-19)16-24-8-5-18(6-9-24)23-22(26)21-20(7-12-31-21)32(27,28)25-10-13-30-14-11-25/h2-4,7,12,15,18H,5-6,8-11,13-14,16H2,1H3,(H,23,26). The molecule has 0 atom stereocenters.